The van der Waals surface area contributed by atoms with Gasteiger partial charge in [0.25, 0.3) is 0 Å². The molecule has 0 aliphatic carbocycles. The second kappa shape index (κ2) is 5.08. The van der Waals surface area contributed by atoms with Gasteiger partial charge in [0, 0.05) is 5.25 Å². The molecule has 1 aliphatic rings. The summed E-state index contributed by atoms with van der Waals surface area (Å²) in [6.45, 7) is 4.67. The van der Waals surface area contributed by atoms with E-state index in [0.717, 1.165) is 11.2 Å². The standard InChI is InChI=1S/C10H20S/c1-3-4-5-10-6-7-11-9(2)8-10/h9-10H,3-8H2,1-2H3/t9-,10+/m1/s1. The van der Waals surface area contributed by atoms with E-state index in [2.05, 4.69) is 25.6 Å². The van der Waals surface area contributed by atoms with Crippen molar-refractivity contribution in [1.29, 1.82) is 0 Å². The van der Waals surface area contributed by atoms with Crippen molar-refractivity contribution in [2.75, 3.05) is 5.75 Å². The number of unbranched alkanes of at least 4 members (excludes halogenated alkanes) is 1. The molecule has 0 amide bonds. The third-order valence-electron chi connectivity index (χ3n) is 2.56. The lowest BCUT2D eigenvalue weighted by atomic mass is 9.94. The van der Waals surface area contributed by atoms with Crippen LogP contribution < -0.4 is 0 Å². The maximum Gasteiger partial charge on any atom is 0.00213 e. The van der Waals surface area contributed by atoms with Gasteiger partial charge in [-0.1, -0.05) is 33.1 Å². The van der Waals surface area contributed by atoms with Crippen molar-refractivity contribution in [2.24, 2.45) is 5.92 Å². The molecule has 0 bridgehead atoms. The highest BCUT2D eigenvalue weighted by atomic mass is 32.2. The summed E-state index contributed by atoms with van der Waals surface area (Å²) in [7, 11) is 0. The van der Waals surface area contributed by atoms with Crippen LogP contribution in [-0.2, 0) is 0 Å². The average Bonchev–Trinajstić information content (AvgIpc) is 2.01. The molecule has 11 heavy (non-hydrogen) atoms. The first-order valence-corrected chi connectivity index (χ1v) is 5.99. The molecule has 0 nitrogen and oxygen atoms in total. The molecule has 0 spiro atoms. The van der Waals surface area contributed by atoms with E-state index in [0.29, 0.717) is 0 Å². The molecule has 2 atom stereocenters. The Hall–Kier alpha value is 0.350. The second-order valence-electron chi connectivity index (χ2n) is 3.71. The highest BCUT2D eigenvalue weighted by Crippen LogP contribution is 2.31. The van der Waals surface area contributed by atoms with E-state index < -0.39 is 0 Å². The van der Waals surface area contributed by atoms with Crippen LogP contribution in [0.25, 0.3) is 0 Å². The van der Waals surface area contributed by atoms with Gasteiger partial charge in [-0.3, -0.25) is 0 Å². The van der Waals surface area contributed by atoms with E-state index >= 15 is 0 Å². The van der Waals surface area contributed by atoms with Crippen LogP contribution in [0.5, 0.6) is 0 Å². The van der Waals surface area contributed by atoms with Crippen LogP contribution >= 0.6 is 11.8 Å². The van der Waals surface area contributed by atoms with Crippen LogP contribution in [0.2, 0.25) is 0 Å². The number of hydrogen-bond acceptors (Lipinski definition) is 1. The van der Waals surface area contributed by atoms with Crippen LogP contribution in [0, 0.1) is 5.92 Å². The first-order valence-electron chi connectivity index (χ1n) is 4.94. The van der Waals surface area contributed by atoms with Crippen molar-refractivity contribution >= 4 is 11.8 Å². The summed E-state index contributed by atoms with van der Waals surface area (Å²) in [5.74, 6) is 2.47. The topological polar surface area (TPSA) is 0 Å². The third kappa shape index (κ3) is 3.50. The van der Waals surface area contributed by atoms with Gasteiger partial charge in [0.1, 0.15) is 0 Å². The molecule has 0 unspecified atom stereocenters. The summed E-state index contributed by atoms with van der Waals surface area (Å²) in [6, 6.07) is 0. The number of thioether (sulfide) groups is 1. The quantitative estimate of drug-likeness (QED) is 0.625. The van der Waals surface area contributed by atoms with Gasteiger partial charge in [0.2, 0.25) is 0 Å². The zero-order valence-electron chi connectivity index (χ0n) is 7.81. The lowest BCUT2D eigenvalue weighted by Gasteiger charge is -2.26. The van der Waals surface area contributed by atoms with E-state index in [-0.39, 0.29) is 0 Å². The largest absolute Gasteiger partial charge is 0.159 e. The molecule has 66 valence electrons. The molecule has 0 radical (unpaired) electrons. The second-order valence-corrected chi connectivity index (χ2v) is 5.26. The highest BCUT2D eigenvalue weighted by Gasteiger charge is 2.17. The Labute approximate surface area is 75.1 Å². The average molecular weight is 172 g/mol. The maximum absolute atomic E-state index is 2.38. The zero-order chi connectivity index (χ0) is 8.10. The molecule has 1 heteroatoms. The molecular formula is C10H20S. The summed E-state index contributed by atoms with van der Waals surface area (Å²) in [6.07, 6.45) is 7.27. The Kier molecular flexibility index (Phi) is 4.36. The zero-order valence-corrected chi connectivity index (χ0v) is 8.62. The van der Waals surface area contributed by atoms with Crippen molar-refractivity contribution in [3.05, 3.63) is 0 Å². The van der Waals surface area contributed by atoms with Gasteiger partial charge in [-0.25, -0.2) is 0 Å². The van der Waals surface area contributed by atoms with E-state index in [1.807, 2.05) is 0 Å². The van der Waals surface area contributed by atoms with Gasteiger partial charge in [0.05, 0.1) is 0 Å². The van der Waals surface area contributed by atoms with Crippen LogP contribution in [0.1, 0.15) is 46.0 Å². The van der Waals surface area contributed by atoms with Crippen molar-refractivity contribution in [3.8, 4) is 0 Å². The number of rotatable bonds is 3. The van der Waals surface area contributed by atoms with Crippen molar-refractivity contribution in [3.63, 3.8) is 0 Å². The third-order valence-corrected chi connectivity index (χ3v) is 3.79. The fourth-order valence-corrected chi connectivity index (χ4v) is 3.13. The summed E-state index contributed by atoms with van der Waals surface area (Å²) >= 11 is 2.16. The fraction of sp³-hybridized carbons (Fsp3) is 1.00. The SMILES string of the molecule is CCCC[C@H]1CCS[C@H](C)C1. The molecule has 0 aromatic carbocycles. The maximum atomic E-state index is 2.38. The normalized spacial score (nSPS) is 32.2. The van der Waals surface area contributed by atoms with Gasteiger partial charge >= 0.3 is 0 Å². The Balaban J connectivity index is 2.12. The molecule has 0 saturated carbocycles. The molecule has 0 aromatic heterocycles. The summed E-state index contributed by atoms with van der Waals surface area (Å²) < 4.78 is 0. The lowest BCUT2D eigenvalue weighted by Crippen LogP contribution is -2.15. The molecule has 1 fully saturated rings. The predicted molar refractivity (Wildman–Crippen MR) is 54.2 cm³/mol. The summed E-state index contributed by atoms with van der Waals surface area (Å²) in [5.41, 5.74) is 0. The Morgan fingerprint density at radius 3 is 2.91 bits per heavy atom. The van der Waals surface area contributed by atoms with Crippen molar-refractivity contribution < 1.29 is 0 Å². The molecule has 1 rings (SSSR count). The van der Waals surface area contributed by atoms with E-state index in [9.17, 15) is 0 Å². The van der Waals surface area contributed by atoms with Crippen molar-refractivity contribution in [2.45, 2.75) is 51.2 Å². The van der Waals surface area contributed by atoms with Gasteiger partial charge in [-0.15, -0.1) is 0 Å². The van der Waals surface area contributed by atoms with E-state index in [4.69, 9.17) is 0 Å². The molecule has 1 aliphatic heterocycles. The predicted octanol–water partition coefficient (Wildman–Crippen LogP) is 3.71. The summed E-state index contributed by atoms with van der Waals surface area (Å²) in [4.78, 5) is 0. The number of hydrogen-bond donors (Lipinski definition) is 0. The van der Waals surface area contributed by atoms with Gasteiger partial charge in [0.15, 0.2) is 0 Å². The Morgan fingerprint density at radius 1 is 1.45 bits per heavy atom. The minimum atomic E-state index is 0.936. The molecule has 0 N–H and O–H groups in total. The summed E-state index contributed by atoms with van der Waals surface area (Å²) in [5, 5.41) is 0.936. The fourth-order valence-electron chi connectivity index (χ4n) is 1.85. The van der Waals surface area contributed by atoms with Gasteiger partial charge < -0.3 is 0 Å². The van der Waals surface area contributed by atoms with Gasteiger partial charge in [-0.05, 0) is 24.5 Å². The van der Waals surface area contributed by atoms with Crippen LogP contribution in [0.4, 0.5) is 0 Å². The lowest BCUT2D eigenvalue weighted by molar-refractivity contribution is 0.414. The molecule has 1 saturated heterocycles. The minimum Gasteiger partial charge on any atom is -0.159 e. The molecule has 0 aromatic rings. The smallest absolute Gasteiger partial charge is 0.00213 e. The van der Waals surface area contributed by atoms with Crippen LogP contribution in [0.3, 0.4) is 0 Å². The molecular weight excluding hydrogens is 152 g/mol. The van der Waals surface area contributed by atoms with Gasteiger partial charge in [-0.2, -0.15) is 11.8 Å². The monoisotopic (exact) mass is 172 g/mol. The van der Waals surface area contributed by atoms with Crippen molar-refractivity contribution in [1.82, 2.24) is 0 Å². The van der Waals surface area contributed by atoms with Crippen LogP contribution in [0.15, 0.2) is 0 Å². The Morgan fingerprint density at radius 2 is 2.27 bits per heavy atom. The van der Waals surface area contributed by atoms with E-state index in [1.165, 1.54) is 37.9 Å². The van der Waals surface area contributed by atoms with E-state index in [1.54, 1.807) is 0 Å². The minimum absolute atomic E-state index is 0.936. The van der Waals surface area contributed by atoms with Crippen LogP contribution in [-0.4, -0.2) is 11.0 Å². The Bertz CT molecular complexity index is 101. The molecule has 1 heterocycles. The first-order chi connectivity index (χ1) is 5.33. The highest BCUT2D eigenvalue weighted by molar-refractivity contribution is 7.99. The first kappa shape index (κ1) is 9.44.